The Morgan fingerprint density at radius 2 is 1.19 bits per heavy atom. The second-order valence-electron chi connectivity index (χ2n) is 22.3. The lowest BCUT2D eigenvalue weighted by atomic mass is 9.33. The third-order valence-electron chi connectivity index (χ3n) is 14.6. The molecule has 2 atom stereocenters. The zero-order chi connectivity index (χ0) is 41.3. The molecule has 2 aliphatic carbocycles. The second kappa shape index (κ2) is 13.0. The molecule has 298 valence electrons. The van der Waals surface area contributed by atoms with Crippen LogP contribution < -0.4 is 26.2 Å². The first-order valence-electron chi connectivity index (χ1n) is 22.2. The van der Waals surface area contributed by atoms with E-state index >= 15 is 0 Å². The van der Waals surface area contributed by atoms with Gasteiger partial charge in [0.25, 0.3) is 6.71 Å². The van der Waals surface area contributed by atoms with Crippen LogP contribution in [-0.4, -0.2) is 6.71 Å². The fourth-order valence-corrected chi connectivity index (χ4v) is 10.1. The molecule has 0 amide bonds. The highest BCUT2D eigenvalue weighted by Gasteiger charge is 2.47. The van der Waals surface area contributed by atoms with E-state index < -0.39 is 0 Å². The van der Waals surface area contributed by atoms with Crippen LogP contribution in [0, 0.1) is 5.92 Å². The summed E-state index contributed by atoms with van der Waals surface area (Å²) in [6, 6.07) is 39.1. The van der Waals surface area contributed by atoms with Gasteiger partial charge in [0.1, 0.15) is 0 Å². The molecule has 2 unspecified atom stereocenters. The summed E-state index contributed by atoms with van der Waals surface area (Å²) in [5, 5.41) is 0. The molecule has 3 heteroatoms. The molecular formula is C55H65BN2. The molecule has 0 spiro atoms. The highest BCUT2D eigenvalue weighted by atomic mass is 15.2. The molecule has 0 N–H and O–H groups in total. The van der Waals surface area contributed by atoms with Gasteiger partial charge in [-0.15, -0.1) is 0 Å². The predicted octanol–water partition coefficient (Wildman–Crippen LogP) is 13.3. The SMILES string of the molecule is CCC(C)(C)c1cccc(N2c3cc(C(C)(C)C)ccc3B3c4cc(C(C)(C)C)ccc4N(c4ccc(C(C)(C)C)cc4)c4cc(C5(C)CC=C6CC6C5)cc2c43)c1. The Balaban J connectivity index is 1.40. The van der Waals surface area contributed by atoms with E-state index in [1.54, 1.807) is 5.57 Å². The molecule has 1 fully saturated rings. The van der Waals surface area contributed by atoms with Gasteiger partial charge >= 0.3 is 0 Å². The first-order valence-corrected chi connectivity index (χ1v) is 22.2. The van der Waals surface area contributed by atoms with E-state index in [-0.39, 0.29) is 33.8 Å². The van der Waals surface area contributed by atoms with E-state index in [1.165, 1.54) is 91.2 Å². The number of allylic oxidation sites excluding steroid dienone is 2. The lowest BCUT2D eigenvalue weighted by Gasteiger charge is -2.46. The zero-order valence-electron chi connectivity index (χ0n) is 37.7. The summed E-state index contributed by atoms with van der Waals surface area (Å²) in [5.41, 5.74) is 20.8. The van der Waals surface area contributed by atoms with Crippen LogP contribution in [0.1, 0.15) is 144 Å². The Hall–Kier alpha value is -4.50. The number of rotatable bonds is 5. The topological polar surface area (TPSA) is 6.48 Å². The highest BCUT2D eigenvalue weighted by Crippen LogP contribution is 2.55. The number of nitrogens with zero attached hydrogens (tertiary/aromatic N) is 2. The van der Waals surface area contributed by atoms with E-state index in [0.717, 1.165) is 18.8 Å². The molecule has 1 saturated carbocycles. The Morgan fingerprint density at radius 3 is 1.81 bits per heavy atom. The molecule has 0 aromatic heterocycles. The molecule has 5 aromatic carbocycles. The third-order valence-corrected chi connectivity index (χ3v) is 14.6. The Labute approximate surface area is 350 Å². The van der Waals surface area contributed by atoms with Crippen LogP contribution >= 0.6 is 0 Å². The lowest BCUT2D eigenvalue weighted by Crippen LogP contribution is -2.61. The van der Waals surface area contributed by atoms with Crippen LogP contribution in [0.3, 0.4) is 0 Å². The summed E-state index contributed by atoms with van der Waals surface area (Å²) in [7, 11) is 0. The van der Waals surface area contributed by atoms with Gasteiger partial charge in [-0.25, -0.2) is 0 Å². The van der Waals surface area contributed by atoms with Crippen molar-refractivity contribution < 1.29 is 0 Å². The number of hydrogen-bond acceptors (Lipinski definition) is 2. The van der Waals surface area contributed by atoms with Gasteiger partial charge in [-0.3, -0.25) is 0 Å². The third kappa shape index (κ3) is 6.38. The van der Waals surface area contributed by atoms with Crippen molar-refractivity contribution in [2.45, 2.75) is 143 Å². The molecule has 2 heterocycles. The number of benzene rings is 5. The molecular weight excluding hydrogens is 699 g/mol. The molecule has 58 heavy (non-hydrogen) atoms. The normalized spacial score (nSPS) is 19.9. The largest absolute Gasteiger partial charge is 0.311 e. The van der Waals surface area contributed by atoms with Crippen molar-refractivity contribution in [1.82, 2.24) is 0 Å². The number of anilines is 6. The first-order chi connectivity index (χ1) is 27.2. The smallest absolute Gasteiger partial charge is 0.252 e. The minimum absolute atomic E-state index is 0.00378. The minimum atomic E-state index is 0.00378. The van der Waals surface area contributed by atoms with Crippen molar-refractivity contribution >= 4 is 57.2 Å². The quantitative estimate of drug-likeness (QED) is 0.127. The van der Waals surface area contributed by atoms with Gasteiger partial charge in [-0.05, 0) is 151 Å². The minimum Gasteiger partial charge on any atom is -0.311 e. The zero-order valence-corrected chi connectivity index (χ0v) is 37.7. The number of hydrogen-bond donors (Lipinski definition) is 0. The summed E-state index contributed by atoms with van der Waals surface area (Å²) >= 11 is 0. The van der Waals surface area contributed by atoms with Crippen molar-refractivity contribution in [2.24, 2.45) is 5.92 Å². The fourth-order valence-electron chi connectivity index (χ4n) is 10.1. The van der Waals surface area contributed by atoms with E-state index in [1.807, 2.05) is 0 Å². The van der Waals surface area contributed by atoms with Gasteiger partial charge in [0.2, 0.25) is 0 Å². The van der Waals surface area contributed by atoms with Crippen LogP contribution in [0.25, 0.3) is 0 Å². The Bertz CT molecular complexity index is 2480. The maximum Gasteiger partial charge on any atom is 0.252 e. The average Bonchev–Trinajstić information content (AvgIpc) is 3.94. The molecule has 0 saturated heterocycles. The van der Waals surface area contributed by atoms with Crippen LogP contribution in [0.4, 0.5) is 34.1 Å². The summed E-state index contributed by atoms with van der Waals surface area (Å²) in [6.45, 7) is 30.8. The Kier molecular flexibility index (Phi) is 8.74. The maximum absolute atomic E-state index is 2.67. The van der Waals surface area contributed by atoms with Crippen molar-refractivity contribution in [3.8, 4) is 0 Å². The first kappa shape index (κ1) is 39.0. The second-order valence-corrected chi connectivity index (χ2v) is 22.3. The van der Waals surface area contributed by atoms with Crippen LogP contribution in [-0.2, 0) is 27.1 Å². The van der Waals surface area contributed by atoms with E-state index in [2.05, 4.69) is 203 Å². The van der Waals surface area contributed by atoms with E-state index in [0.29, 0.717) is 0 Å². The van der Waals surface area contributed by atoms with E-state index in [9.17, 15) is 0 Å². The molecule has 9 rings (SSSR count). The van der Waals surface area contributed by atoms with Crippen molar-refractivity contribution in [1.29, 1.82) is 0 Å². The van der Waals surface area contributed by atoms with Gasteiger partial charge in [0.05, 0.1) is 0 Å². The van der Waals surface area contributed by atoms with Crippen molar-refractivity contribution in [3.63, 3.8) is 0 Å². The Morgan fingerprint density at radius 1 is 0.586 bits per heavy atom. The van der Waals surface area contributed by atoms with Gasteiger partial charge < -0.3 is 9.80 Å². The lowest BCUT2D eigenvalue weighted by molar-refractivity contribution is 0.407. The van der Waals surface area contributed by atoms with Gasteiger partial charge in [0, 0.05) is 34.1 Å². The number of fused-ring (bicyclic) bond motifs is 5. The summed E-state index contributed by atoms with van der Waals surface area (Å²) in [5.74, 6) is 0.732. The average molecular weight is 765 g/mol. The molecule has 0 bridgehead atoms. The van der Waals surface area contributed by atoms with Gasteiger partial charge in [0.15, 0.2) is 0 Å². The maximum atomic E-state index is 2.67. The van der Waals surface area contributed by atoms with Crippen LogP contribution in [0.5, 0.6) is 0 Å². The monoisotopic (exact) mass is 765 g/mol. The highest BCUT2D eigenvalue weighted by molar-refractivity contribution is 7.00. The molecule has 5 aromatic rings. The van der Waals surface area contributed by atoms with Gasteiger partial charge in [-0.1, -0.05) is 150 Å². The van der Waals surface area contributed by atoms with Crippen molar-refractivity contribution in [3.05, 3.63) is 137 Å². The summed E-state index contributed by atoms with van der Waals surface area (Å²) in [6.07, 6.45) is 7.25. The van der Waals surface area contributed by atoms with E-state index in [4.69, 9.17) is 0 Å². The van der Waals surface area contributed by atoms with Gasteiger partial charge in [-0.2, -0.15) is 0 Å². The van der Waals surface area contributed by atoms with Crippen LogP contribution in [0.15, 0.2) is 109 Å². The van der Waals surface area contributed by atoms with Crippen molar-refractivity contribution in [2.75, 3.05) is 9.80 Å². The summed E-state index contributed by atoms with van der Waals surface area (Å²) < 4.78 is 0. The molecule has 4 aliphatic rings. The molecule has 2 aliphatic heterocycles. The van der Waals surface area contributed by atoms with Crippen LogP contribution in [0.2, 0.25) is 0 Å². The molecule has 2 nitrogen and oxygen atoms in total. The predicted molar refractivity (Wildman–Crippen MR) is 253 cm³/mol. The fraction of sp³-hybridized carbons (Fsp3) is 0.418. The standard InChI is InChI=1S/C55H65BN2/c1-14-54(11,12)40-16-15-17-43(29-40)58-47-31-39(53(8,9)10)20-24-44(47)56-45-30-38(52(5,6)7)21-25-46(45)57(42-22-18-37(19-23-42)51(2,3)4)48-32-41(33-49(58)50(48)56)55(13)27-26-35-28-36(35)34-55/h15-26,29-33,36H,14,27-28,34H2,1-13H3. The molecule has 0 radical (unpaired) electrons. The summed E-state index contributed by atoms with van der Waals surface area (Å²) in [4.78, 5) is 5.30.